The first kappa shape index (κ1) is 104. The van der Waals surface area contributed by atoms with Crippen LogP contribution in [0.2, 0.25) is 0 Å². The Labute approximate surface area is 748 Å². The summed E-state index contributed by atoms with van der Waals surface area (Å²) in [6.07, 6.45) is -47.9. The number of rotatable bonds is 30. The van der Waals surface area contributed by atoms with E-state index in [0.717, 1.165) is 5.57 Å². The highest BCUT2D eigenvalue weighted by molar-refractivity contribution is 5.90. The normalized spacial score (nSPS) is 47.5. The van der Waals surface area contributed by atoms with E-state index >= 15 is 4.79 Å². The molecule has 12 aliphatic rings. The van der Waals surface area contributed by atoms with Gasteiger partial charge >= 0.3 is 17.9 Å². The van der Waals surface area contributed by atoms with Crippen molar-refractivity contribution in [3.05, 3.63) is 60.3 Å². The van der Waals surface area contributed by atoms with Crippen LogP contribution in [0.1, 0.15) is 160 Å². The molecule has 736 valence electrons. The van der Waals surface area contributed by atoms with Crippen LogP contribution in [0.3, 0.4) is 0 Å². The Morgan fingerprint density at radius 1 is 0.473 bits per heavy atom. The molecule has 7 aliphatic heterocycles. The van der Waals surface area contributed by atoms with E-state index in [4.69, 9.17) is 75.8 Å². The molecule has 43 atom stereocenters. The molecule has 21 N–H and O–H groups in total. The van der Waals surface area contributed by atoms with Crippen molar-refractivity contribution in [3.63, 3.8) is 0 Å². The Morgan fingerprint density at radius 2 is 0.946 bits per heavy atom. The first-order valence-corrected chi connectivity index (χ1v) is 44.9. The van der Waals surface area contributed by atoms with Crippen molar-refractivity contribution in [2.24, 2.45) is 50.2 Å². The lowest BCUT2D eigenvalue weighted by atomic mass is 9.33. The van der Waals surface area contributed by atoms with Crippen LogP contribution in [-0.2, 0) is 90.2 Å². The molecule has 129 heavy (non-hydrogen) atoms. The quantitative estimate of drug-likeness (QED) is 0.0110. The molecule has 7 heterocycles. The van der Waals surface area contributed by atoms with Crippen LogP contribution in [0.5, 0.6) is 0 Å². The lowest BCUT2D eigenvalue weighted by Crippen LogP contribution is -2.69. The molecule has 0 aromatic heterocycles. The van der Waals surface area contributed by atoms with Crippen molar-refractivity contribution < 1.29 is 197 Å². The molecule has 0 radical (unpaired) electrons. The molecule has 40 heteroatoms. The van der Waals surface area contributed by atoms with Crippen LogP contribution in [0.15, 0.2) is 60.3 Å². The number of carbonyl (C=O) groups excluding carboxylic acids is 3. The van der Waals surface area contributed by atoms with Gasteiger partial charge in [-0.2, -0.15) is 0 Å². The van der Waals surface area contributed by atoms with Gasteiger partial charge in [-0.1, -0.05) is 84.4 Å². The van der Waals surface area contributed by atoms with Gasteiger partial charge in [-0.25, -0.2) is 9.59 Å². The van der Waals surface area contributed by atoms with Gasteiger partial charge in [0.1, 0.15) is 127 Å². The summed E-state index contributed by atoms with van der Waals surface area (Å²) in [6.45, 7) is 23.0. The summed E-state index contributed by atoms with van der Waals surface area (Å²) in [5.74, 6) is -4.44. The maximum atomic E-state index is 16.5. The second kappa shape index (κ2) is 40.8. The minimum Gasteiger partial charge on any atom is -0.452 e. The number of ether oxygens (including phenoxy) is 16. The highest BCUT2D eigenvalue weighted by atomic mass is 16.8. The van der Waals surface area contributed by atoms with Crippen LogP contribution in [0.4, 0.5) is 0 Å². The van der Waals surface area contributed by atoms with Gasteiger partial charge in [-0.05, 0) is 156 Å². The van der Waals surface area contributed by atoms with E-state index in [-0.39, 0.29) is 61.5 Å². The predicted octanol–water partition coefficient (Wildman–Crippen LogP) is -3.25. The first-order valence-electron chi connectivity index (χ1n) is 44.9. The Morgan fingerprint density at radius 3 is 1.51 bits per heavy atom. The lowest BCUT2D eigenvalue weighted by Gasteiger charge is -2.71. The molecule has 40 nitrogen and oxygen atoms in total. The largest absolute Gasteiger partial charge is 0.452 e. The zero-order chi connectivity index (χ0) is 94.8. The zero-order valence-electron chi connectivity index (χ0n) is 75.0. The van der Waals surface area contributed by atoms with Gasteiger partial charge in [0.05, 0.1) is 93.0 Å². The molecular formula is C89H140O40. The lowest BCUT2D eigenvalue weighted by molar-refractivity contribution is -0.377. The number of fused-ring (bicyclic) bond motifs is 7. The highest BCUT2D eigenvalue weighted by Gasteiger charge is 2.73. The fourth-order valence-corrected chi connectivity index (χ4v) is 22.2. The average Bonchev–Trinajstić information content (AvgIpc) is 0.669. The molecular weight excluding hydrogens is 1710 g/mol. The number of carbonyl (C=O) groups is 3. The molecule has 11 fully saturated rings. The van der Waals surface area contributed by atoms with Gasteiger partial charge < -0.3 is 183 Å². The molecule has 0 amide bonds. The van der Waals surface area contributed by atoms with Crippen LogP contribution in [0.25, 0.3) is 0 Å². The smallest absolute Gasteiger partial charge is 0.336 e. The maximum Gasteiger partial charge on any atom is 0.336 e. The van der Waals surface area contributed by atoms with Crippen molar-refractivity contribution in [2.75, 3.05) is 46.2 Å². The van der Waals surface area contributed by atoms with Crippen molar-refractivity contribution in [1.82, 2.24) is 0 Å². The van der Waals surface area contributed by atoms with Crippen LogP contribution in [-0.4, -0.2) is 391 Å². The van der Waals surface area contributed by atoms with E-state index in [9.17, 15) is 117 Å². The summed E-state index contributed by atoms with van der Waals surface area (Å²) in [7, 11) is 0. The van der Waals surface area contributed by atoms with E-state index in [2.05, 4.69) is 67.7 Å². The van der Waals surface area contributed by atoms with E-state index in [1.807, 2.05) is 0 Å². The summed E-state index contributed by atoms with van der Waals surface area (Å²) in [6, 6.07) is 0. The van der Waals surface area contributed by atoms with Gasteiger partial charge in [0.2, 0.25) is 6.29 Å². The number of aliphatic hydroxyl groups is 21. The minimum atomic E-state index is -2.26. The van der Waals surface area contributed by atoms with Crippen LogP contribution in [0, 0.1) is 50.2 Å². The molecule has 0 aromatic rings. The fraction of sp³-hybridized carbons (Fsp3) is 0.854. The highest BCUT2D eigenvalue weighted by Crippen LogP contribution is 2.76. The molecule has 4 saturated carbocycles. The first-order chi connectivity index (χ1) is 60.4. The summed E-state index contributed by atoms with van der Waals surface area (Å²) in [5.41, 5.74) is -7.47. The second-order valence-corrected chi connectivity index (χ2v) is 40.2. The maximum absolute atomic E-state index is 16.5. The average molecular weight is 1850 g/mol. The molecule has 5 aliphatic carbocycles. The van der Waals surface area contributed by atoms with E-state index in [1.165, 1.54) is 52.0 Å². The topological polar surface area (TPSA) is 624 Å². The third-order valence-corrected chi connectivity index (χ3v) is 30.7. The summed E-state index contributed by atoms with van der Waals surface area (Å²) in [4.78, 5) is 44.9. The Bertz CT molecular complexity index is 3920. The summed E-state index contributed by atoms with van der Waals surface area (Å²) in [5, 5.41) is 235. The van der Waals surface area contributed by atoms with Crippen molar-refractivity contribution in [3.8, 4) is 0 Å². The summed E-state index contributed by atoms with van der Waals surface area (Å²) < 4.78 is 97.1. The van der Waals surface area contributed by atoms with Gasteiger partial charge in [0.15, 0.2) is 56.1 Å². The molecule has 12 rings (SSSR count). The van der Waals surface area contributed by atoms with Gasteiger partial charge in [0, 0.05) is 0 Å². The van der Waals surface area contributed by atoms with Crippen LogP contribution < -0.4 is 0 Å². The molecule has 7 saturated heterocycles. The predicted molar refractivity (Wildman–Crippen MR) is 439 cm³/mol. The Kier molecular flexibility index (Phi) is 32.8. The van der Waals surface area contributed by atoms with Crippen molar-refractivity contribution in [1.29, 1.82) is 0 Å². The minimum absolute atomic E-state index is 0.00449. The fourth-order valence-electron chi connectivity index (χ4n) is 22.2. The third-order valence-electron chi connectivity index (χ3n) is 30.7. The number of hydrogen-bond acceptors (Lipinski definition) is 40. The third kappa shape index (κ3) is 20.7. The van der Waals surface area contributed by atoms with Crippen molar-refractivity contribution in [2.45, 2.75) is 380 Å². The van der Waals surface area contributed by atoms with E-state index in [0.29, 0.717) is 44.9 Å². The SMILES string of the molecule is C=C[C@@](C)(O)CC/C=C(\CO)C(=O)O[C@@H]1[C@@H](O)[C@H](C)O[C@@H](OC[C@H]2O[C@@H](OC(=O)[C@]34CCC(C)(C)C[C@H]3C3=CC[C@@H]5[C@@]6(C)CC[C@H](O[C@@H]7O[C@H](CO[C@@H]8OC[C@H](O)[C@H](O)[C@H]8O[C@@H]8OC[C@@H](O)[C@H](O)[C@H]8O)[C@@H](O)[C@H](O)[C@H]7O)C(C)(C)[C@@H]6CC[C@@]5(C)[C@]3(C)C[C@H]4O)[C@H](O[C@@H]3O[C@@H](C)[C@H](O[C@@H]4OC[C@@H](O)[C@H](O)[C@H]4O)[C@@H](O)[C@H]3O)[C@@H](O)[C@@H]2O)[C@@H]1OC(=O)/C(=C/CC[C@](C)(O)C=C)CO. The molecule has 0 unspecified atom stereocenters. The van der Waals surface area contributed by atoms with E-state index in [1.54, 1.807) is 0 Å². The number of aliphatic hydroxyl groups excluding tert-OH is 19. The van der Waals surface area contributed by atoms with Crippen LogP contribution >= 0.6 is 0 Å². The summed E-state index contributed by atoms with van der Waals surface area (Å²) >= 11 is 0. The molecule has 0 bridgehead atoms. The standard InChI is InChI=1S/C89H140O40/c1-14-84(9,112)24-16-18-41(32-90)72(109)124-68-54(96)39(3)119-79(71(68)125-73(110)42(33-91)19-17-25-85(10,113)15-2)118-38-49-59(101)61(103)70(128-76-66(108)62(104)67(40(4)120-76)126-74-63(105)55(97)45(92)34-114-74)80(122-49)129-81(111)89-29-28-82(5,6)30-44(89)43-20-21-51-86(11)26-23-53(83(7,8)50(86)22-27-87(51,12)88(43,13)31-52(89)95)123-77-65(107)60(102)58(100)48(121-77)37-117-78-69(57(99)47(94)36-116-78)127-75-64(106)56(98)46(93)35-115-75/h14-15,18-20,39-40,44-71,74-80,90-108,112-113H,1-2,16-17,21-38H2,3-13H3/b41-18+,42-19+/t39-,40-,44-,45+,46+,47-,48+,49+,50-,51+,52+,53-,54-,55-,56-,57-,58+,59+,60-,61-,62-,63+,64+,65+,66+,67-,68+,69+,70+,71+,74-,75-,76-,77-,78-,79+,80-,84+,85+,86-,87+,88+,89+/m0/s1. The van der Waals surface area contributed by atoms with Gasteiger partial charge in [-0.3, -0.25) is 4.79 Å². The molecule has 0 spiro atoms. The zero-order valence-corrected chi connectivity index (χ0v) is 75.0. The number of esters is 3. The van der Waals surface area contributed by atoms with Gasteiger partial charge in [0.25, 0.3) is 0 Å². The number of hydrogen-bond donors (Lipinski definition) is 21. The Balaban J connectivity index is 0.811. The molecule has 0 aromatic carbocycles. The second-order valence-electron chi connectivity index (χ2n) is 40.2. The van der Waals surface area contributed by atoms with E-state index < -0.39 is 323 Å². The van der Waals surface area contributed by atoms with Crippen molar-refractivity contribution >= 4 is 17.9 Å². The monoisotopic (exact) mass is 1850 g/mol. The Hall–Kier alpha value is -4.25. The number of allylic oxidation sites excluding steroid dienone is 4. The van der Waals surface area contributed by atoms with Gasteiger partial charge in [-0.15, -0.1) is 13.2 Å².